The molecule has 0 radical (unpaired) electrons. The number of aromatic nitrogens is 2. The first kappa shape index (κ1) is 11.9. The standard InChI is InChI=1S/C13H11FN4S/c1-15-13-17-11(10-5-6-19-12(10)18-13)16-9-4-2-3-8(14)7-9/h2-7H,1H3,(H2,15,16,17,18). The zero-order chi connectivity index (χ0) is 13.2. The van der Waals surface area contributed by atoms with Crippen molar-refractivity contribution in [2.75, 3.05) is 17.7 Å². The number of anilines is 3. The van der Waals surface area contributed by atoms with Crippen LogP contribution in [0.1, 0.15) is 0 Å². The van der Waals surface area contributed by atoms with Gasteiger partial charge in [0.25, 0.3) is 0 Å². The fourth-order valence-corrected chi connectivity index (χ4v) is 2.53. The fraction of sp³-hybridized carbons (Fsp3) is 0.0769. The third-order valence-corrected chi connectivity index (χ3v) is 3.44. The van der Waals surface area contributed by atoms with Gasteiger partial charge in [0.2, 0.25) is 5.95 Å². The predicted molar refractivity (Wildman–Crippen MR) is 76.6 cm³/mol. The molecule has 0 aliphatic rings. The van der Waals surface area contributed by atoms with Gasteiger partial charge in [-0.05, 0) is 29.6 Å². The average Bonchev–Trinajstić information content (AvgIpc) is 2.87. The van der Waals surface area contributed by atoms with E-state index in [0.29, 0.717) is 17.5 Å². The minimum Gasteiger partial charge on any atom is -0.357 e. The van der Waals surface area contributed by atoms with E-state index in [2.05, 4.69) is 20.6 Å². The summed E-state index contributed by atoms with van der Waals surface area (Å²) in [7, 11) is 1.76. The number of halogens is 1. The molecular weight excluding hydrogens is 263 g/mol. The molecule has 0 aliphatic heterocycles. The van der Waals surface area contributed by atoms with Crippen molar-refractivity contribution >= 4 is 39.0 Å². The number of nitrogens with zero attached hydrogens (tertiary/aromatic N) is 2. The maximum absolute atomic E-state index is 13.2. The quantitative estimate of drug-likeness (QED) is 0.766. The van der Waals surface area contributed by atoms with E-state index >= 15 is 0 Å². The molecule has 19 heavy (non-hydrogen) atoms. The first-order chi connectivity index (χ1) is 9.26. The van der Waals surface area contributed by atoms with Crippen LogP contribution in [0.25, 0.3) is 10.2 Å². The van der Waals surface area contributed by atoms with Gasteiger partial charge in [0, 0.05) is 12.7 Å². The second-order valence-corrected chi connectivity index (χ2v) is 4.82. The summed E-state index contributed by atoms with van der Waals surface area (Å²) < 4.78 is 13.2. The zero-order valence-electron chi connectivity index (χ0n) is 10.1. The van der Waals surface area contributed by atoms with Crippen LogP contribution in [0.5, 0.6) is 0 Å². The van der Waals surface area contributed by atoms with E-state index in [-0.39, 0.29) is 5.82 Å². The molecule has 2 N–H and O–H groups in total. The van der Waals surface area contributed by atoms with Gasteiger partial charge < -0.3 is 10.6 Å². The maximum Gasteiger partial charge on any atom is 0.225 e. The van der Waals surface area contributed by atoms with Gasteiger partial charge in [-0.25, -0.2) is 9.37 Å². The Labute approximate surface area is 113 Å². The summed E-state index contributed by atoms with van der Waals surface area (Å²) in [6, 6.07) is 8.23. The van der Waals surface area contributed by atoms with E-state index in [1.54, 1.807) is 19.2 Å². The molecule has 0 atom stereocenters. The van der Waals surface area contributed by atoms with Crippen LogP contribution < -0.4 is 10.6 Å². The third-order valence-electron chi connectivity index (χ3n) is 2.64. The Morgan fingerprint density at radius 2 is 2.11 bits per heavy atom. The number of benzene rings is 1. The average molecular weight is 274 g/mol. The highest BCUT2D eigenvalue weighted by molar-refractivity contribution is 7.16. The van der Waals surface area contributed by atoms with E-state index in [9.17, 15) is 4.39 Å². The van der Waals surface area contributed by atoms with E-state index in [4.69, 9.17) is 0 Å². The number of rotatable bonds is 3. The fourth-order valence-electron chi connectivity index (χ4n) is 1.77. The molecule has 0 aliphatic carbocycles. The van der Waals surface area contributed by atoms with E-state index in [1.807, 2.05) is 11.4 Å². The van der Waals surface area contributed by atoms with Crippen LogP contribution in [0.2, 0.25) is 0 Å². The van der Waals surface area contributed by atoms with Gasteiger partial charge in [-0.15, -0.1) is 11.3 Å². The van der Waals surface area contributed by atoms with Crippen molar-refractivity contribution in [3.63, 3.8) is 0 Å². The van der Waals surface area contributed by atoms with Crippen LogP contribution >= 0.6 is 11.3 Å². The van der Waals surface area contributed by atoms with Crippen molar-refractivity contribution in [2.45, 2.75) is 0 Å². The number of nitrogens with one attached hydrogen (secondary N) is 2. The van der Waals surface area contributed by atoms with Gasteiger partial charge in [0.05, 0.1) is 5.39 Å². The molecule has 1 aromatic carbocycles. The molecule has 2 heterocycles. The highest BCUT2D eigenvalue weighted by Gasteiger charge is 2.08. The Bertz CT molecular complexity index is 725. The summed E-state index contributed by atoms with van der Waals surface area (Å²) in [4.78, 5) is 9.61. The Morgan fingerprint density at radius 3 is 2.89 bits per heavy atom. The van der Waals surface area contributed by atoms with Crippen LogP contribution in [-0.4, -0.2) is 17.0 Å². The molecule has 0 amide bonds. The summed E-state index contributed by atoms with van der Waals surface area (Å²) in [5.41, 5.74) is 0.660. The van der Waals surface area contributed by atoms with Gasteiger partial charge in [0.15, 0.2) is 0 Å². The van der Waals surface area contributed by atoms with Crippen LogP contribution in [0.3, 0.4) is 0 Å². The number of thiophene rings is 1. The minimum absolute atomic E-state index is 0.283. The first-order valence-electron chi connectivity index (χ1n) is 5.72. The summed E-state index contributed by atoms with van der Waals surface area (Å²) in [5, 5.41) is 8.92. The third kappa shape index (κ3) is 2.34. The molecule has 2 aromatic heterocycles. The molecule has 6 heteroatoms. The molecule has 3 aromatic rings. The topological polar surface area (TPSA) is 49.8 Å². The highest BCUT2D eigenvalue weighted by atomic mass is 32.1. The maximum atomic E-state index is 13.2. The monoisotopic (exact) mass is 274 g/mol. The van der Waals surface area contributed by atoms with Crippen LogP contribution in [0.4, 0.5) is 21.8 Å². The number of fused-ring (bicyclic) bond motifs is 1. The van der Waals surface area contributed by atoms with Crippen molar-refractivity contribution < 1.29 is 4.39 Å². The summed E-state index contributed by atoms with van der Waals surface area (Å²) in [6.45, 7) is 0. The van der Waals surface area contributed by atoms with Gasteiger partial charge >= 0.3 is 0 Å². The smallest absolute Gasteiger partial charge is 0.225 e. The highest BCUT2D eigenvalue weighted by Crippen LogP contribution is 2.28. The molecular formula is C13H11FN4S. The normalized spacial score (nSPS) is 10.6. The molecule has 0 saturated heterocycles. The van der Waals surface area contributed by atoms with E-state index < -0.39 is 0 Å². The van der Waals surface area contributed by atoms with Crippen molar-refractivity contribution in [2.24, 2.45) is 0 Å². The Kier molecular flexibility index (Phi) is 3.00. The van der Waals surface area contributed by atoms with Crippen molar-refractivity contribution in [1.29, 1.82) is 0 Å². The number of hydrogen-bond acceptors (Lipinski definition) is 5. The molecule has 4 nitrogen and oxygen atoms in total. The predicted octanol–water partition coefficient (Wildman–Crippen LogP) is 3.62. The second kappa shape index (κ2) is 4.81. The van der Waals surface area contributed by atoms with Gasteiger partial charge in [-0.3, -0.25) is 0 Å². The lowest BCUT2D eigenvalue weighted by Gasteiger charge is -2.08. The van der Waals surface area contributed by atoms with Crippen LogP contribution in [0, 0.1) is 5.82 Å². The first-order valence-corrected chi connectivity index (χ1v) is 6.60. The Hall–Kier alpha value is -2.21. The van der Waals surface area contributed by atoms with Crippen molar-refractivity contribution in [3.8, 4) is 0 Å². The van der Waals surface area contributed by atoms with E-state index in [0.717, 1.165) is 10.2 Å². The minimum atomic E-state index is -0.283. The lowest BCUT2D eigenvalue weighted by atomic mass is 10.3. The van der Waals surface area contributed by atoms with Gasteiger partial charge in [-0.1, -0.05) is 6.07 Å². The molecule has 0 fully saturated rings. The van der Waals surface area contributed by atoms with Crippen molar-refractivity contribution in [3.05, 3.63) is 41.5 Å². The molecule has 96 valence electrons. The summed E-state index contributed by atoms with van der Waals surface area (Å²) >= 11 is 1.54. The van der Waals surface area contributed by atoms with Crippen LogP contribution in [-0.2, 0) is 0 Å². The largest absolute Gasteiger partial charge is 0.357 e. The molecule has 3 rings (SSSR count). The number of hydrogen-bond donors (Lipinski definition) is 2. The molecule has 0 saturated carbocycles. The van der Waals surface area contributed by atoms with E-state index in [1.165, 1.54) is 23.5 Å². The Balaban J connectivity index is 2.06. The SMILES string of the molecule is CNc1nc(Nc2cccc(F)c2)c2ccsc2n1. The summed E-state index contributed by atoms with van der Waals surface area (Å²) in [6.07, 6.45) is 0. The van der Waals surface area contributed by atoms with Gasteiger partial charge in [-0.2, -0.15) is 4.98 Å². The summed E-state index contributed by atoms with van der Waals surface area (Å²) in [5.74, 6) is 0.921. The molecule has 0 spiro atoms. The lowest BCUT2D eigenvalue weighted by Crippen LogP contribution is -2.00. The molecule has 0 unspecified atom stereocenters. The van der Waals surface area contributed by atoms with Gasteiger partial charge in [0.1, 0.15) is 16.5 Å². The molecule has 0 bridgehead atoms. The zero-order valence-corrected chi connectivity index (χ0v) is 11.0. The second-order valence-electron chi connectivity index (χ2n) is 3.92. The van der Waals surface area contributed by atoms with Crippen LogP contribution in [0.15, 0.2) is 35.7 Å². The lowest BCUT2D eigenvalue weighted by molar-refractivity contribution is 0.628. The Morgan fingerprint density at radius 1 is 1.21 bits per heavy atom. The van der Waals surface area contributed by atoms with Crippen molar-refractivity contribution in [1.82, 2.24) is 9.97 Å².